The van der Waals surface area contributed by atoms with E-state index in [0.29, 0.717) is 21.1 Å². The largest absolute Gasteiger partial charge is 0.279 e. The Kier molecular flexibility index (Phi) is 3.24. The molecule has 0 spiro atoms. The molecule has 0 aliphatic rings. The number of nitrogens with zero attached hydrogens (tertiary/aromatic N) is 2. The van der Waals surface area contributed by atoms with Gasteiger partial charge in [0.25, 0.3) is 5.56 Å². The molecule has 5 heteroatoms. The molecular formula is C15H10Cl2N2O. The molecule has 3 nitrogen and oxygen atoms in total. The van der Waals surface area contributed by atoms with E-state index in [9.17, 15) is 4.79 Å². The first kappa shape index (κ1) is 13.2. The lowest BCUT2D eigenvalue weighted by atomic mass is 10.1. The maximum absolute atomic E-state index is 12.5. The first-order chi connectivity index (χ1) is 9.58. The van der Waals surface area contributed by atoms with Crippen molar-refractivity contribution in [2.24, 2.45) is 0 Å². The van der Waals surface area contributed by atoms with Crippen molar-refractivity contribution in [1.82, 2.24) is 9.78 Å². The predicted octanol–water partition coefficient (Wildman–Crippen LogP) is 4.00. The van der Waals surface area contributed by atoms with Crippen molar-refractivity contribution in [2.45, 2.75) is 6.92 Å². The van der Waals surface area contributed by atoms with Crippen molar-refractivity contribution < 1.29 is 0 Å². The minimum atomic E-state index is -0.176. The number of hydrogen-bond donors (Lipinski definition) is 0. The Hall–Kier alpha value is -1.84. The summed E-state index contributed by atoms with van der Waals surface area (Å²) in [6, 6.07) is 12.4. The normalized spacial score (nSPS) is 10.9. The summed E-state index contributed by atoms with van der Waals surface area (Å²) in [6.07, 6.45) is 0. The molecule has 0 aliphatic heterocycles. The van der Waals surface area contributed by atoms with Crippen LogP contribution in [0.15, 0.2) is 47.3 Å². The second kappa shape index (κ2) is 4.93. The second-order valence-electron chi connectivity index (χ2n) is 4.45. The van der Waals surface area contributed by atoms with Gasteiger partial charge in [0.2, 0.25) is 0 Å². The molecule has 20 heavy (non-hydrogen) atoms. The predicted molar refractivity (Wildman–Crippen MR) is 82.1 cm³/mol. The van der Waals surface area contributed by atoms with E-state index in [1.54, 1.807) is 24.3 Å². The van der Waals surface area contributed by atoms with Crippen LogP contribution in [-0.4, -0.2) is 9.78 Å². The number of halogens is 2. The van der Waals surface area contributed by atoms with Gasteiger partial charge in [-0.1, -0.05) is 41.4 Å². The van der Waals surface area contributed by atoms with Gasteiger partial charge in [-0.25, -0.2) is 0 Å². The van der Waals surface area contributed by atoms with Crippen molar-refractivity contribution in [2.75, 3.05) is 0 Å². The molecule has 1 heterocycles. The van der Waals surface area contributed by atoms with E-state index in [1.807, 2.05) is 25.1 Å². The Morgan fingerprint density at radius 2 is 1.70 bits per heavy atom. The summed E-state index contributed by atoms with van der Waals surface area (Å²) < 4.78 is 1.35. The minimum absolute atomic E-state index is 0.176. The highest BCUT2D eigenvalue weighted by Crippen LogP contribution is 2.24. The van der Waals surface area contributed by atoms with E-state index in [1.165, 1.54) is 4.68 Å². The quantitative estimate of drug-likeness (QED) is 0.681. The van der Waals surface area contributed by atoms with Crippen LogP contribution >= 0.6 is 23.2 Å². The summed E-state index contributed by atoms with van der Waals surface area (Å²) in [7, 11) is 0. The molecule has 0 unspecified atom stereocenters. The van der Waals surface area contributed by atoms with Crippen LogP contribution in [0, 0.1) is 6.92 Å². The SMILES string of the molecule is Cc1nn(-c2ccc(Cl)c(Cl)c2)c(=O)c2ccccc12. The molecule has 0 aliphatic carbocycles. The van der Waals surface area contributed by atoms with Gasteiger partial charge in [-0.3, -0.25) is 4.79 Å². The van der Waals surface area contributed by atoms with Gasteiger partial charge in [-0.2, -0.15) is 9.78 Å². The van der Waals surface area contributed by atoms with E-state index in [4.69, 9.17) is 23.2 Å². The van der Waals surface area contributed by atoms with Crippen molar-refractivity contribution in [3.05, 3.63) is 68.6 Å². The molecule has 3 aromatic rings. The molecule has 2 aromatic carbocycles. The van der Waals surface area contributed by atoms with Gasteiger partial charge < -0.3 is 0 Å². The molecule has 0 saturated heterocycles. The summed E-state index contributed by atoms with van der Waals surface area (Å²) in [6.45, 7) is 1.87. The maximum Gasteiger partial charge on any atom is 0.279 e. The Morgan fingerprint density at radius 3 is 2.40 bits per heavy atom. The van der Waals surface area contributed by atoms with Gasteiger partial charge >= 0.3 is 0 Å². The highest BCUT2D eigenvalue weighted by Gasteiger charge is 2.10. The zero-order chi connectivity index (χ0) is 14.3. The summed E-state index contributed by atoms with van der Waals surface area (Å²) in [5.41, 5.74) is 1.20. The van der Waals surface area contributed by atoms with Gasteiger partial charge in [0, 0.05) is 5.39 Å². The Balaban J connectivity index is 2.34. The number of fused-ring (bicyclic) bond motifs is 1. The highest BCUT2D eigenvalue weighted by atomic mass is 35.5. The average Bonchev–Trinajstić information content (AvgIpc) is 2.46. The van der Waals surface area contributed by atoms with Crippen LogP contribution in [0.5, 0.6) is 0 Å². The van der Waals surface area contributed by atoms with Gasteiger partial charge in [0.1, 0.15) is 0 Å². The zero-order valence-corrected chi connectivity index (χ0v) is 12.1. The molecular weight excluding hydrogens is 295 g/mol. The standard InChI is InChI=1S/C15H10Cl2N2O/c1-9-11-4-2-3-5-12(11)15(20)19(18-9)10-6-7-13(16)14(17)8-10/h2-8H,1H3. The number of rotatable bonds is 1. The number of hydrogen-bond acceptors (Lipinski definition) is 2. The molecule has 0 fully saturated rings. The van der Waals surface area contributed by atoms with E-state index in [2.05, 4.69) is 5.10 Å². The third-order valence-corrected chi connectivity index (χ3v) is 3.88. The lowest BCUT2D eigenvalue weighted by molar-refractivity contribution is 0.801. The molecule has 0 bridgehead atoms. The number of benzene rings is 2. The topological polar surface area (TPSA) is 34.9 Å². The molecule has 0 atom stereocenters. The molecule has 1 aromatic heterocycles. The molecule has 0 saturated carbocycles. The minimum Gasteiger partial charge on any atom is -0.267 e. The summed E-state index contributed by atoms with van der Waals surface area (Å²) >= 11 is 11.9. The first-order valence-corrected chi connectivity index (χ1v) is 6.77. The summed E-state index contributed by atoms with van der Waals surface area (Å²) in [4.78, 5) is 12.5. The lowest BCUT2D eigenvalue weighted by Crippen LogP contribution is -2.22. The van der Waals surface area contributed by atoms with Crippen LogP contribution in [0.3, 0.4) is 0 Å². The van der Waals surface area contributed by atoms with Crippen molar-refractivity contribution in [3.8, 4) is 5.69 Å². The average molecular weight is 305 g/mol. The smallest absolute Gasteiger partial charge is 0.267 e. The number of aryl methyl sites for hydroxylation is 1. The first-order valence-electron chi connectivity index (χ1n) is 6.02. The van der Waals surface area contributed by atoms with E-state index in [0.717, 1.165) is 11.1 Å². The van der Waals surface area contributed by atoms with Gasteiger partial charge in [-0.05, 0) is 31.2 Å². The van der Waals surface area contributed by atoms with Gasteiger partial charge in [-0.15, -0.1) is 0 Å². The van der Waals surface area contributed by atoms with Crippen LogP contribution in [0.25, 0.3) is 16.5 Å². The van der Waals surface area contributed by atoms with E-state index in [-0.39, 0.29) is 5.56 Å². The third-order valence-electron chi connectivity index (χ3n) is 3.14. The summed E-state index contributed by atoms with van der Waals surface area (Å²) in [5, 5.41) is 6.67. The van der Waals surface area contributed by atoms with Crippen LogP contribution in [-0.2, 0) is 0 Å². The summed E-state index contributed by atoms with van der Waals surface area (Å²) in [5.74, 6) is 0. The van der Waals surface area contributed by atoms with Gasteiger partial charge in [0.05, 0.1) is 26.8 Å². The van der Waals surface area contributed by atoms with Crippen molar-refractivity contribution in [1.29, 1.82) is 0 Å². The fraction of sp³-hybridized carbons (Fsp3) is 0.0667. The van der Waals surface area contributed by atoms with Crippen molar-refractivity contribution >= 4 is 34.0 Å². The molecule has 3 rings (SSSR count). The second-order valence-corrected chi connectivity index (χ2v) is 5.26. The van der Waals surface area contributed by atoms with Crippen LogP contribution in [0.4, 0.5) is 0 Å². The molecule has 100 valence electrons. The Morgan fingerprint density at radius 1 is 1.00 bits per heavy atom. The maximum atomic E-state index is 12.5. The fourth-order valence-electron chi connectivity index (χ4n) is 2.14. The van der Waals surface area contributed by atoms with E-state index >= 15 is 0 Å². The highest BCUT2D eigenvalue weighted by molar-refractivity contribution is 6.42. The van der Waals surface area contributed by atoms with Crippen LogP contribution < -0.4 is 5.56 Å². The Bertz CT molecular complexity index is 871. The van der Waals surface area contributed by atoms with Crippen LogP contribution in [0.1, 0.15) is 5.69 Å². The van der Waals surface area contributed by atoms with Crippen LogP contribution in [0.2, 0.25) is 10.0 Å². The monoisotopic (exact) mass is 304 g/mol. The molecule has 0 amide bonds. The molecule has 0 N–H and O–H groups in total. The lowest BCUT2D eigenvalue weighted by Gasteiger charge is -2.09. The molecule has 0 radical (unpaired) electrons. The number of aromatic nitrogens is 2. The third kappa shape index (κ3) is 2.09. The van der Waals surface area contributed by atoms with E-state index < -0.39 is 0 Å². The van der Waals surface area contributed by atoms with Crippen molar-refractivity contribution in [3.63, 3.8) is 0 Å². The van der Waals surface area contributed by atoms with Gasteiger partial charge in [0.15, 0.2) is 0 Å². The Labute approximate surface area is 125 Å². The fourth-order valence-corrected chi connectivity index (χ4v) is 2.43. The zero-order valence-electron chi connectivity index (χ0n) is 10.6.